The molecule has 4 rings (SSSR count). The van der Waals surface area contributed by atoms with Crippen molar-refractivity contribution in [2.75, 3.05) is 19.8 Å². The molecule has 0 radical (unpaired) electrons. The fourth-order valence-electron chi connectivity index (χ4n) is 4.62. The molecule has 0 aliphatic heterocycles. The molecule has 0 aliphatic rings. The van der Waals surface area contributed by atoms with Crippen molar-refractivity contribution in [3.63, 3.8) is 0 Å². The maximum atomic E-state index is 13.0. The highest BCUT2D eigenvalue weighted by Crippen LogP contribution is 2.18. The van der Waals surface area contributed by atoms with E-state index in [1.54, 1.807) is 10.6 Å². The number of benzene rings is 3. The summed E-state index contributed by atoms with van der Waals surface area (Å²) in [6.45, 7) is 4.69. The van der Waals surface area contributed by atoms with Gasteiger partial charge in [0.15, 0.2) is 0 Å². The summed E-state index contributed by atoms with van der Waals surface area (Å²) in [6, 6.07) is 27.6. The number of carbonyl (C=O) groups excluding carboxylic acids is 1. The maximum absolute atomic E-state index is 13.0. The highest BCUT2D eigenvalue weighted by atomic mass is 16.5. The Hall–Kier alpha value is -4.27. The molecular formula is C33H37N3O5. The van der Waals surface area contributed by atoms with E-state index in [1.165, 1.54) is 0 Å². The third-order valence-electron chi connectivity index (χ3n) is 6.76. The lowest BCUT2D eigenvalue weighted by atomic mass is 10.0. The molecule has 0 saturated heterocycles. The summed E-state index contributed by atoms with van der Waals surface area (Å²) >= 11 is 0. The number of aromatic nitrogens is 2. The Morgan fingerprint density at radius 2 is 1.66 bits per heavy atom. The molecule has 0 spiro atoms. The molecule has 0 fully saturated rings. The zero-order valence-electron chi connectivity index (χ0n) is 23.5. The molecule has 2 N–H and O–H groups in total. The number of aliphatic hydroxyl groups excluding tert-OH is 1. The Morgan fingerprint density at radius 1 is 0.976 bits per heavy atom. The van der Waals surface area contributed by atoms with Crippen molar-refractivity contribution in [3.05, 3.63) is 118 Å². The van der Waals surface area contributed by atoms with Crippen molar-refractivity contribution in [3.8, 4) is 17.0 Å². The van der Waals surface area contributed by atoms with Crippen LogP contribution in [0, 0.1) is 0 Å². The average molecular weight is 556 g/mol. The van der Waals surface area contributed by atoms with Gasteiger partial charge in [0, 0.05) is 31.1 Å². The van der Waals surface area contributed by atoms with Gasteiger partial charge in [-0.25, -0.2) is 4.98 Å². The quantitative estimate of drug-likeness (QED) is 0.240. The Labute approximate surface area is 240 Å². The summed E-state index contributed by atoms with van der Waals surface area (Å²) in [5, 5.41) is 12.7. The lowest BCUT2D eigenvalue weighted by molar-refractivity contribution is -0.133. The molecule has 0 saturated carbocycles. The second kappa shape index (κ2) is 14.9. The number of hydrogen-bond donors (Lipinski definition) is 2. The van der Waals surface area contributed by atoms with Crippen LogP contribution in [-0.4, -0.2) is 46.5 Å². The summed E-state index contributed by atoms with van der Waals surface area (Å²) in [6.07, 6.45) is 0.306. The first-order chi connectivity index (χ1) is 20.0. The van der Waals surface area contributed by atoms with Gasteiger partial charge in [-0.2, -0.15) is 0 Å². The van der Waals surface area contributed by atoms with Gasteiger partial charge < -0.3 is 19.9 Å². The largest absolute Gasteiger partial charge is 0.492 e. The summed E-state index contributed by atoms with van der Waals surface area (Å²) in [7, 11) is 0. The molecule has 0 bridgehead atoms. The Balaban J connectivity index is 1.34. The van der Waals surface area contributed by atoms with E-state index >= 15 is 0 Å². The van der Waals surface area contributed by atoms with E-state index in [-0.39, 0.29) is 18.1 Å². The molecule has 1 aromatic heterocycles. The highest BCUT2D eigenvalue weighted by Gasteiger charge is 2.23. The molecule has 4 aromatic rings. The SMILES string of the molecule is CCOC(Cc1ccc(OCCn2c(CC)nc(-c3ccccc3)cc2=O)cc1)C(=O)NC(CO)c1ccccc1. The number of aryl methyl sites for hydroxylation is 1. The maximum Gasteiger partial charge on any atom is 0.254 e. The van der Waals surface area contributed by atoms with Gasteiger partial charge in [0.2, 0.25) is 5.91 Å². The van der Waals surface area contributed by atoms with E-state index in [2.05, 4.69) is 5.32 Å². The minimum Gasteiger partial charge on any atom is -0.492 e. The van der Waals surface area contributed by atoms with Crippen LogP contribution in [-0.2, 0) is 28.9 Å². The van der Waals surface area contributed by atoms with Crippen molar-refractivity contribution in [2.45, 2.75) is 45.4 Å². The molecule has 8 heteroatoms. The zero-order valence-corrected chi connectivity index (χ0v) is 23.5. The minimum atomic E-state index is -0.699. The van der Waals surface area contributed by atoms with Gasteiger partial charge in [-0.1, -0.05) is 79.7 Å². The van der Waals surface area contributed by atoms with E-state index in [4.69, 9.17) is 14.5 Å². The lowest BCUT2D eigenvalue weighted by Crippen LogP contribution is -2.41. The number of rotatable bonds is 14. The van der Waals surface area contributed by atoms with E-state index in [1.807, 2.05) is 98.8 Å². The van der Waals surface area contributed by atoms with Gasteiger partial charge in [-0.3, -0.25) is 14.2 Å². The zero-order chi connectivity index (χ0) is 29.0. The van der Waals surface area contributed by atoms with Crippen LogP contribution in [0.1, 0.15) is 36.8 Å². The number of aliphatic hydroxyl groups is 1. The predicted molar refractivity (Wildman–Crippen MR) is 159 cm³/mol. The van der Waals surface area contributed by atoms with Gasteiger partial charge in [0.05, 0.1) is 24.9 Å². The molecule has 0 aliphatic carbocycles. The number of carbonyl (C=O) groups is 1. The van der Waals surface area contributed by atoms with Crippen LogP contribution in [0.3, 0.4) is 0 Å². The van der Waals surface area contributed by atoms with Gasteiger partial charge in [-0.15, -0.1) is 0 Å². The van der Waals surface area contributed by atoms with Gasteiger partial charge in [0.25, 0.3) is 5.56 Å². The third kappa shape index (κ3) is 8.13. The van der Waals surface area contributed by atoms with Crippen molar-refractivity contribution in [2.24, 2.45) is 0 Å². The first-order valence-electron chi connectivity index (χ1n) is 14.0. The van der Waals surface area contributed by atoms with Crippen LogP contribution in [0.2, 0.25) is 0 Å². The molecule has 2 atom stereocenters. The third-order valence-corrected chi connectivity index (χ3v) is 6.76. The Kier molecular flexibility index (Phi) is 10.8. The molecule has 8 nitrogen and oxygen atoms in total. The fraction of sp³-hybridized carbons (Fsp3) is 0.303. The van der Waals surface area contributed by atoms with E-state index in [9.17, 15) is 14.7 Å². The van der Waals surface area contributed by atoms with Gasteiger partial charge in [-0.05, 0) is 30.2 Å². The highest BCUT2D eigenvalue weighted by molar-refractivity contribution is 5.81. The van der Waals surface area contributed by atoms with Crippen LogP contribution >= 0.6 is 0 Å². The number of nitrogens with one attached hydrogen (secondary N) is 1. The number of hydrogen-bond acceptors (Lipinski definition) is 6. The van der Waals surface area contributed by atoms with Crippen molar-refractivity contribution in [1.29, 1.82) is 0 Å². The molecule has 214 valence electrons. The molecular weight excluding hydrogens is 518 g/mol. The minimum absolute atomic E-state index is 0.106. The monoisotopic (exact) mass is 555 g/mol. The molecule has 1 amide bonds. The van der Waals surface area contributed by atoms with E-state index < -0.39 is 12.1 Å². The lowest BCUT2D eigenvalue weighted by Gasteiger charge is -2.22. The fourth-order valence-corrected chi connectivity index (χ4v) is 4.62. The molecule has 3 aromatic carbocycles. The van der Waals surface area contributed by atoms with Crippen LogP contribution < -0.4 is 15.6 Å². The Morgan fingerprint density at radius 3 is 2.29 bits per heavy atom. The first-order valence-corrected chi connectivity index (χ1v) is 14.0. The van der Waals surface area contributed by atoms with Crippen LogP contribution in [0.5, 0.6) is 5.75 Å². The summed E-state index contributed by atoms with van der Waals surface area (Å²) in [5.41, 5.74) is 3.22. The summed E-state index contributed by atoms with van der Waals surface area (Å²) in [4.78, 5) is 30.6. The average Bonchev–Trinajstić information content (AvgIpc) is 3.01. The van der Waals surface area contributed by atoms with Crippen molar-refractivity contribution < 1.29 is 19.4 Å². The number of nitrogens with zero attached hydrogens (tertiary/aromatic N) is 2. The van der Waals surface area contributed by atoms with E-state index in [0.717, 1.165) is 16.7 Å². The van der Waals surface area contributed by atoms with Crippen LogP contribution in [0.4, 0.5) is 0 Å². The molecule has 41 heavy (non-hydrogen) atoms. The number of amides is 1. The van der Waals surface area contributed by atoms with Gasteiger partial charge in [0.1, 0.15) is 24.3 Å². The smallest absolute Gasteiger partial charge is 0.254 e. The van der Waals surface area contributed by atoms with Crippen LogP contribution in [0.15, 0.2) is 95.8 Å². The normalized spacial score (nSPS) is 12.5. The van der Waals surface area contributed by atoms with Crippen LogP contribution in [0.25, 0.3) is 11.3 Å². The second-order valence-corrected chi connectivity index (χ2v) is 9.56. The topological polar surface area (TPSA) is 103 Å². The summed E-state index contributed by atoms with van der Waals surface area (Å²) in [5.74, 6) is 1.10. The predicted octanol–water partition coefficient (Wildman–Crippen LogP) is 4.35. The summed E-state index contributed by atoms with van der Waals surface area (Å²) < 4.78 is 13.3. The number of ether oxygens (including phenoxy) is 2. The van der Waals surface area contributed by atoms with Gasteiger partial charge >= 0.3 is 0 Å². The standard InChI is InChI=1S/C33H37N3O5/c1-3-31-34-28(25-11-7-5-8-12-25)22-32(38)36(31)19-20-41-27-17-15-24(16-18-27)21-30(40-4-2)33(39)35-29(23-37)26-13-9-6-10-14-26/h5-18,22,29-30,37H,3-4,19-21,23H2,1-2H3,(H,35,39). The Bertz CT molecular complexity index is 1440. The second-order valence-electron chi connectivity index (χ2n) is 9.56. The first kappa shape index (κ1) is 29.7. The van der Waals surface area contributed by atoms with Crippen molar-refractivity contribution in [1.82, 2.24) is 14.9 Å². The molecule has 1 heterocycles. The van der Waals surface area contributed by atoms with E-state index in [0.29, 0.717) is 49.9 Å². The molecule has 2 unspecified atom stereocenters. The van der Waals surface area contributed by atoms with Crippen molar-refractivity contribution >= 4 is 5.91 Å².